The lowest BCUT2D eigenvalue weighted by Gasteiger charge is -2.10. The number of aliphatic imine (C=N–C) groups is 1. The number of benzene rings is 1. The van der Waals surface area contributed by atoms with E-state index < -0.39 is 11.7 Å². The summed E-state index contributed by atoms with van der Waals surface area (Å²) in [4.78, 5) is 4.03. The molecular formula is C11H10F3N3S. The van der Waals surface area contributed by atoms with Crippen LogP contribution in [-0.4, -0.2) is 11.4 Å². The molecule has 0 saturated carbocycles. The lowest BCUT2D eigenvalue weighted by Crippen LogP contribution is -2.12. The number of rotatable bonds is 1. The molecular weight excluding hydrogens is 263 g/mol. The van der Waals surface area contributed by atoms with Gasteiger partial charge < -0.3 is 0 Å². The molecule has 0 atom stereocenters. The highest BCUT2D eigenvalue weighted by atomic mass is 32.2. The molecule has 0 amide bonds. The summed E-state index contributed by atoms with van der Waals surface area (Å²) in [5.74, 6) is 0. The molecule has 0 radical (unpaired) electrons. The largest absolute Gasteiger partial charge is 0.416 e. The van der Waals surface area contributed by atoms with E-state index in [4.69, 9.17) is 5.26 Å². The molecule has 7 heteroatoms. The van der Waals surface area contributed by atoms with Crippen LogP contribution in [0.5, 0.6) is 0 Å². The van der Waals surface area contributed by atoms with Crippen molar-refractivity contribution in [3.8, 4) is 6.19 Å². The van der Waals surface area contributed by atoms with Gasteiger partial charge in [-0.1, -0.05) is 11.8 Å². The summed E-state index contributed by atoms with van der Waals surface area (Å²) in [6, 6.07) is 3.59. The average Bonchev–Trinajstić information content (AvgIpc) is 2.26. The zero-order valence-corrected chi connectivity index (χ0v) is 10.5. The second kappa shape index (κ2) is 5.78. The maximum absolute atomic E-state index is 12.5. The predicted molar refractivity (Wildman–Crippen MR) is 65.5 cm³/mol. The van der Waals surface area contributed by atoms with Gasteiger partial charge in [-0.2, -0.15) is 18.4 Å². The summed E-state index contributed by atoms with van der Waals surface area (Å²) in [6.07, 6.45) is -0.945. The van der Waals surface area contributed by atoms with Gasteiger partial charge in [0.15, 0.2) is 11.4 Å². The summed E-state index contributed by atoms with van der Waals surface area (Å²) in [7, 11) is 0. The van der Waals surface area contributed by atoms with Crippen LogP contribution in [0.25, 0.3) is 0 Å². The van der Waals surface area contributed by atoms with Gasteiger partial charge >= 0.3 is 6.18 Å². The molecule has 0 fully saturated rings. The molecule has 96 valence electrons. The van der Waals surface area contributed by atoms with Crippen molar-refractivity contribution in [2.75, 3.05) is 6.26 Å². The normalized spacial score (nSPS) is 12.1. The van der Waals surface area contributed by atoms with Crippen LogP contribution in [0.3, 0.4) is 0 Å². The summed E-state index contributed by atoms with van der Waals surface area (Å²) in [6.45, 7) is 1.37. The van der Waals surface area contributed by atoms with Crippen molar-refractivity contribution in [3.63, 3.8) is 0 Å². The third-order valence-corrected chi connectivity index (χ3v) is 2.68. The van der Waals surface area contributed by atoms with Gasteiger partial charge in [-0.05, 0) is 36.9 Å². The van der Waals surface area contributed by atoms with Crippen LogP contribution in [-0.2, 0) is 6.18 Å². The molecule has 1 aromatic carbocycles. The number of thioether (sulfide) groups is 1. The Bertz CT molecular complexity index is 503. The lowest BCUT2D eigenvalue weighted by atomic mass is 10.1. The second-order valence-electron chi connectivity index (χ2n) is 3.35. The minimum atomic E-state index is -4.36. The molecule has 0 unspecified atom stereocenters. The molecule has 0 spiro atoms. The van der Waals surface area contributed by atoms with Crippen LogP contribution in [0, 0.1) is 18.4 Å². The fourth-order valence-electron chi connectivity index (χ4n) is 1.33. The monoisotopic (exact) mass is 273 g/mol. The fraction of sp³-hybridized carbons (Fsp3) is 0.273. The van der Waals surface area contributed by atoms with Crippen molar-refractivity contribution in [1.29, 1.82) is 5.26 Å². The third-order valence-electron chi connectivity index (χ3n) is 2.10. The smallest absolute Gasteiger partial charge is 0.271 e. The minimum absolute atomic E-state index is 0.0983. The average molecular weight is 273 g/mol. The Morgan fingerprint density at radius 1 is 1.44 bits per heavy atom. The van der Waals surface area contributed by atoms with Crippen molar-refractivity contribution in [1.82, 2.24) is 5.32 Å². The number of nitriles is 1. The van der Waals surface area contributed by atoms with Gasteiger partial charge in [-0.15, -0.1) is 0 Å². The Hall–Kier alpha value is -1.68. The van der Waals surface area contributed by atoms with Crippen LogP contribution < -0.4 is 5.32 Å². The summed E-state index contributed by atoms with van der Waals surface area (Å²) < 4.78 is 37.6. The second-order valence-corrected chi connectivity index (χ2v) is 4.15. The van der Waals surface area contributed by atoms with Crippen molar-refractivity contribution in [3.05, 3.63) is 29.3 Å². The van der Waals surface area contributed by atoms with Crippen LogP contribution in [0.2, 0.25) is 0 Å². The predicted octanol–water partition coefficient (Wildman–Crippen LogP) is 3.44. The molecule has 3 nitrogen and oxygen atoms in total. The first kappa shape index (κ1) is 14.4. The van der Waals surface area contributed by atoms with E-state index in [2.05, 4.69) is 10.3 Å². The number of alkyl halides is 3. The van der Waals surface area contributed by atoms with E-state index in [1.54, 1.807) is 12.4 Å². The molecule has 0 saturated heterocycles. The number of aryl methyl sites for hydroxylation is 1. The highest BCUT2D eigenvalue weighted by molar-refractivity contribution is 8.13. The molecule has 0 aliphatic carbocycles. The quantitative estimate of drug-likeness (QED) is 0.369. The van der Waals surface area contributed by atoms with Crippen LogP contribution in [0.15, 0.2) is 23.2 Å². The number of halogens is 3. The Balaban J connectivity index is 3.09. The SMILES string of the molecule is CSC(=Nc1ccc(C(F)(F)F)c(C)c1)NC#N. The van der Waals surface area contributed by atoms with E-state index in [1.807, 2.05) is 0 Å². The fourth-order valence-corrected chi connectivity index (χ4v) is 1.67. The highest BCUT2D eigenvalue weighted by Crippen LogP contribution is 2.33. The van der Waals surface area contributed by atoms with E-state index >= 15 is 0 Å². The molecule has 18 heavy (non-hydrogen) atoms. The summed E-state index contributed by atoms with van der Waals surface area (Å²) in [5.41, 5.74) is -0.214. The summed E-state index contributed by atoms with van der Waals surface area (Å²) >= 11 is 1.20. The number of nitrogens with one attached hydrogen (secondary N) is 1. The molecule has 0 heterocycles. The van der Waals surface area contributed by atoms with Crippen molar-refractivity contribution in [2.45, 2.75) is 13.1 Å². The number of hydrogen-bond donors (Lipinski definition) is 1. The first-order valence-corrected chi connectivity index (χ1v) is 6.06. The molecule has 0 aromatic heterocycles. The lowest BCUT2D eigenvalue weighted by molar-refractivity contribution is -0.138. The molecule has 1 aromatic rings. The van der Waals surface area contributed by atoms with Crippen molar-refractivity contribution in [2.24, 2.45) is 4.99 Å². The number of amidine groups is 1. The first-order valence-electron chi connectivity index (χ1n) is 4.84. The van der Waals surface area contributed by atoms with E-state index in [1.165, 1.54) is 30.8 Å². The van der Waals surface area contributed by atoms with Gasteiger partial charge in [-0.25, -0.2) is 4.99 Å². The van der Waals surface area contributed by atoms with Gasteiger partial charge in [-0.3, -0.25) is 5.32 Å². The Morgan fingerprint density at radius 3 is 2.56 bits per heavy atom. The Kier molecular flexibility index (Phi) is 4.62. The molecule has 1 rings (SSSR count). The highest BCUT2D eigenvalue weighted by Gasteiger charge is 2.32. The van der Waals surface area contributed by atoms with E-state index in [0.717, 1.165) is 6.07 Å². The summed E-state index contributed by atoms with van der Waals surface area (Å²) in [5, 5.41) is 11.1. The molecule has 0 bridgehead atoms. The Labute approximate surface area is 107 Å². The van der Waals surface area contributed by atoms with E-state index in [9.17, 15) is 13.2 Å². The van der Waals surface area contributed by atoms with Crippen LogP contribution >= 0.6 is 11.8 Å². The van der Waals surface area contributed by atoms with Gasteiger partial charge in [0.2, 0.25) is 0 Å². The van der Waals surface area contributed by atoms with Crippen LogP contribution in [0.1, 0.15) is 11.1 Å². The Morgan fingerprint density at radius 2 is 2.11 bits per heavy atom. The third kappa shape index (κ3) is 3.67. The zero-order chi connectivity index (χ0) is 13.8. The van der Waals surface area contributed by atoms with Gasteiger partial charge in [0, 0.05) is 0 Å². The molecule has 1 N–H and O–H groups in total. The van der Waals surface area contributed by atoms with E-state index in [-0.39, 0.29) is 5.56 Å². The maximum atomic E-state index is 12.5. The maximum Gasteiger partial charge on any atom is 0.416 e. The van der Waals surface area contributed by atoms with Gasteiger partial charge in [0.25, 0.3) is 0 Å². The van der Waals surface area contributed by atoms with Gasteiger partial charge in [0.1, 0.15) is 0 Å². The topological polar surface area (TPSA) is 48.2 Å². The van der Waals surface area contributed by atoms with Gasteiger partial charge in [0.05, 0.1) is 11.3 Å². The first-order chi connectivity index (χ1) is 8.38. The van der Waals surface area contributed by atoms with Crippen LogP contribution in [0.4, 0.5) is 18.9 Å². The van der Waals surface area contributed by atoms with Crippen molar-refractivity contribution < 1.29 is 13.2 Å². The number of hydrogen-bond acceptors (Lipinski definition) is 3. The molecule has 0 aliphatic heterocycles. The zero-order valence-electron chi connectivity index (χ0n) is 9.67. The van der Waals surface area contributed by atoms with E-state index in [0.29, 0.717) is 10.9 Å². The standard InChI is InChI=1S/C11H10F3N3S/c1-7-5-8(17-10(18-2)16-6-15)3-4-9(7)11(12,13)14/h3-5H,1-2H3,(H,16,17). The number of nitrogens with zero attached hydrogens (tertiary/aromatic N) is 2. The molecule has 0 aliphatic rings. The minimum Gasteiger partial charge on any atom is -0.271 e. The van der Waals surface area contributed by atoms with Crippen molar-refractivity contribution >= 4 is 22.6 Å².